The van der Waals surface area contributed by atoms with Crippen LogP contribution in [0.15, 0.2) is 48.5 Å². The van der Waals surface area contributed by atoms with E-state index in [1.54, 1.807) is 48.5 Å². The molecule has 0 unspecified atom stereocenters. The molecule has 0 atom stereocenters. The lowest BCUT2D eigenvalue weighted by atomic mass is 10.2. The van der Waals surface area contributed by atoms with E-state index in [0.29, 0.717) is 11.5 Å². The average Bonchev–Trinajstić information content (AvgIpc) is 2.47. The maximum Gasteiger partial charge on any atom is 1.22 e. The van der Waals surface area contributed by atoms with Crippen molar-refractivity contribution in [3.63, 3.8) is 0 Å². The summed E-state index contributed by atoms with van der Waals surface area (Å²) in [7, 11) is 0. The van der Waals surface area contributed by atoms with Gasteiger partial charge < -0.3 is 15.2 Å². The number of fused-ring (bicyclic) bond motifs is 2. The van der Waals surface area contributed by atoms with Crippen molar-refractivity contribution in [1.82, 2.24) is 0 Å². The molecule has 0 aromatic heterocycles. The normalized spacial score (nSPS) is 17.7. The molecule has 104 valence electrons. The molecule has 2 aliphatic rings. The van der Waals surface area contributed by atoms with E-state index in [-0.39, 0.29) is 11.1 Å². The Kier molecular flexibility index (Phi) is 2.48. The van der Waals surface area contributed by atoms with Crippen LogP contribution in [0.3, 0.4) is 0 Å². The van der Waals surface area contributed by atoms with Crippen molar-refractivity contribution in [1.29, 1.82) is 0 Å². The van der Waals surface area contributed by atoms with Crippen molar-refractivity contribution in [3.05, 3.63) is 59.7 Å². The lowest BCUT2D eigenvalue weighted by molar-refractivity contribution is 0.0178. The molecule has 2 heterocycles. The van der Waals surface area contributed by atoms with Gasteiger partial charge in [0.1, 0.15) is 0 Å². The molecule has 4 rings (SSSR count). The number of carbonyl (C=O) groups excluding carboxylic acids is 2. The minimum atomic E-state index is -4.23. The molecule has 0 fully saturated rings. The van der Waals surface area contributed by atoms with Crippen LogP contribution in [0, 0.1) is 0 Å². The van der Waals surface area contributed by atoms with Crippen LogP contribution in [0.25, 0.3) is 0 Å². The predicted molar refractivity (Wildman–Crippen MR) is 70.7 cm³/mol. The van der Waals surface area contributed by atoms with Crippen molar-refractivity contribution >= 4 is 26.4 Å². The Morgan fingerprint density at radius 3 is 1.52 bits per heavy atom. The van der Waals surface area contributed by atoms with Crippen LogP contribution in [0.4, 0.5) is 0 Å². The van der Waals surface area contributed by atoms with Crippen LogP contribution in [0.2, 0.25) is 0 Å². The van der Waals surface area contributed by atoms with E-state index >= 15 is 0 Å². The predicted octanol–water partition coefficient (Wildman–Crippen LogP) is 1.92. The molecule has 2 aromatic carbocycles. The summed E-state index contributed by atoms with van der Waals surface area (Å²) < 4.78 is 21.7. The van der Waals surface area contributed by atoms with Gasteiger partial charge in [0.15, 0.2) is 0 Å². The largest absolute Gasteiger partial charge is 1.22 e. The maximum absolute atomic E-state index is 12.0. The number of para-hydroxylation sites is 2. The first kappa shape index (κ1) is 12.3. The molecule has 0 saturated carbocycles. The highest BCUT2D eigenvalue weighted by atomic mass is 27.3. The van der Waals surface area contributed by atoms with Gasteiger partial charge in [-0.25, -0.2) is 0 Å². The van der Waals surface area contributed by atoms with Crippen LogP contribution >= 0.6 is 0 Å². The van der Waals surface area contributed by atoms with E-state index in [2.05, 4.69) is 0 Å². The third kappa shape index (κ3) is 1.87. The Balaban J connectivity index is 1.78. The lowest BCUT2D eigenvalue weighted by Gasteiger charge is -2.42. The van der Waals surface area contributed by atoms with E-state index < -0.39 is 26.4 Å². The summed E-state index contributed by atoms with van der Waals surface area (Å²) in [5.74, 6) is -0.639. The summed E-state index contributed by atoms with van der Waals surface area (Å²) >= 11 is -4.23. The molecule has 0 aliphatic carbocycles. The van der Waals surface area contributed by atoms with E-state index in [0.717, 1.165) is 0 Å². The van der Waals surface area contributed by atoms with Crippen molar-refractivity contribution in [2.45, 2.75) is 0 Å². The molecule has 6 nitrogen and oxygen atoms in total. The van der Waals surface area contributed by atoms with Gasteiger partial charge in [-0.15, -0.1) is 0 Å². The lowest BCUT2D eigenvalue weighted by Crippen LogP contribution is -2.61. The van der Waals surface area contributed by atoms with Crippen LogP contribution < -0.4 is 7.58 Å². The van der Waals surface area contributed by atoms with Crippen LogP contribution in [-0.4, -0.2) is 26.4 Å². The summed E-state index contributed by atoms with van der Waals surface area (Å²) in [6, 6.07) is 13.2. The van der Waals surface area contributed by atoms with Gasteiger partial charge in [-0.1, -0.05) is 24.3 Å². The molecule has 0 amide bonds. The SMILES string of the molecule is O=C1[O][Al-]2([O]C(=O)c3ccccc3[O]2)[O]c2ccccc21. The van der Waals surface area contributed by atoms with Gasteiger partial charge in [0.25, 0.3) is 11.9 Å². The second kappa shape index (κ2) is 4.25. The number of hydrogen-bond acceptors (Lipinski definition) is 6. The van der Waals surface area contributed by atoms with Crippen LogP contribution in [0.5, 0.6) is 11.5 Å². The fourth-order valence-corrected chi connectivity index (χ4v) is 4.42. The molecule has 2 aromatic rings. The van der Waals surface area contributed by atoms with Gasteiger partial charge >= 0.3 is 14.4 Å². The van der Waals surface area contributed by atoms with E-state index in [4.69, 9.17) is 15.2 Å². The third-order valence-corrected chi connectivity index (χ3v) is 5.35. The molecule has 0 radical (unpaired) electrons. The smallest absolute Gasteiger partial charge is 0.696 e. The highest BCUT2D eigenvalue weighted by molar-refractivity contribution is 6.61. The standard InChI is InChI=1S/2C7H6O3.Al/c2*8-6-4-2-1-3-5(6)7(9)10;/h2*1-4,8H,(H,9,10);/q;;+3/p-4. The summed E-state index contributed by atoms with van der Waals surface area (Å²) in [5.41, 5.74) is 0.559. The average molecular weight is 299 g/mol. The Morgan fingerprint density at radius 2 is 1.05 bits per heavy atom. The fraction of sp³-hybridized carbons (Fsp3) is 0. The molecule has 0 N–H and O–H groups in total. The number of hydrogen-bond donors (Lipinski definition) is 0. The van der Waals surface area contributed by atoms with Crippen molar-refractivity contribution in [2.24, 2.45) is 0 Å². The molecular weight excluding hydrogens is 291 g/mol. The monoisotopic (exact) mass is 299 g/mol. The second-order valence-electron chi connectivity index (χ2n) is 4.62. The highest BCUT2D eigenvalue weighted by Gasteiger charge is 2.69. The fourth-order valence-electron chi connectivity index (χ4n) is 2.32. The Labute approximate surface area is 122 Å². The first-order chi connectivity index (χ1) is 10.2. The van der Waals surface area contributed by atoms with Gasteiger partial charge in [-0.05, 0) is 24.3 Å². The summed E-state index contributed by atoms with van der Waals surface area (Å²) in [4.78, 5) is 24.1. The van der Waals surface area contributed by atoms with Gasteiger partial charge in [0.2, 0.25) is 0 Å². The first-order valence-corrected chi connectivity index (χ1v) is 8.21. The molecule has 21 heavy (non-hydrogen) atoms. The third-order valence-electron chi connectivity index (χ3n) is 3.26. The molecular formula is C14H8AlO6-. The van der Waals surface area contributed by atoms with E-state index in [9.17, 15) is 9.59 Å². The minimum absolute atomic E-state index is 0.279. The van der Waals surface area contributed by atoms with Gasteiger partial charge in [-0.2, -0.15) is 0 Å². The van der Waals surface area contributed by atoms with Gasteiger partial charge in [0.05, 0.1) is 22.6 Å². The zero-order chi connectivity index (χ0) is 14.4. The molecule has 7 heteroatoms. The van der Waals surface area contributed by atoms with Crippen LogP contribution in [0.1, 0.15) is 20.7 Å². The topological polar surface area (TPSA) is 71.1 Å². The zero-order valence-corrected chi connectivity index (χ0v) is 11.8. The number of rotatable bonds is 0. The summed E-state index contributed by atoms with van der Waals surface area (Å²) in [5, 5.41) is 0. The van der Waals surface area contributed by atoms with Crippen LogP contribution in [-0.2, 0) is 7.58 Å². The Hall–Kier alpha value is -2.49. The van der Waals surface area contributed by atoms with Gasteiger partial charge in [-0.3, -0.25) is 9.59 Å². The van der Waals surface area contributed by atoms with Crippen molar-refractivity contribution in [3.8, 4) is 11.5 Å². The number of carbonyl (C=O) groups is 2. The van der Waals surface area contributed by atoms with Crippen molar-refractivity contribution in [2.75, 3.05) is 0 Å². The Morgan fingerprint density at radius 1 is 0.619 bits per heavy atom. The molecule has 2 aliphatic heterocycles. The molecule has 0 saturated heterocycles. The summed E-state index contributed by atoms with van der Waals surface area (Å²) in [6.45, 7) is 0. The zero-order valence-electron chi connectivity index (χ0n) is 10.6. The Bertz CT molecular complexity index is 706. The van der Waals surface area contributed by atoms with E-state index in [1.165, 1.54) is 0 Å². The molecule has 0 bridgehead atoms. The van der Waals surface area contributed by atoms with Gasteiger partial charge in [0, 0.05) is 0 Å². The maximum atomic E-state index is 12.0. The highest BCUT2D eigenvalue weighted by Crippen LogP contribution is 2.35. The minimum Gasteiger partial charge on any atom is -0.696 e. The quantitative estimate of drug-likeness (QED) is 0.692. The number of benzene rings is 2. The van der Waals surface area contributed by atoms with E-state index in [1.807, 2.05) is 0 Å². The second-order valence-corrected chi connectivity index (χ2v) is 6.71. The first-order valence-electron chi connectivity index (χ1n) is 6.32. The summed E-state index contributed by atoms with van der Waals surface area (Å²) in [6.07, 6.45) is 0. The van der Waals surface area contributed by atoms with Crippen molar-refractivity contribution < 1.29 is 24.7 Å². The molecule has 1 spiro atoms.